The van der Waals surface area contributed by atoms with Gasteiger partial charge in [0.1, 0.15) is 0 Å². The molecule has 1 aliphatic rings. The minimum Gasteiger partial charge on any atom is -0.309 e. The van der Waals surface area contributed by atoms with Crippen LogP contribution in [0.15, 0.2) is 24.3 Å². The molecule has 75 valence electrons. The average Bonchev–Trinajstić information content (AvgIpc) is 2.58. The van der Waals surface area contributed by atoms with Crippen LogP contribution in [0.4, 0.5) is 0 Å². The highest BCUT2D eigenvalue weighted by Gasteiger charge is 2.21. The molecule has 0 N–H and O–H groups in total. The summed E-state index contributed by atoms with van der Waals surface area (Å²) in [6.07, 6.45) is 3.75. The Kier molecular flexibility index (Phi) is 2.87. The van der Waals surface area contributed by atoms with Crippen molar-refractivity contribution < 1.29 is 0 Å². The summed E-state index contributed by atoms with van der Waals surface area (Å²) < 4.78 is 0. The Balaban J connectivity index is 2.03. The van der Waals surface area contributed by atoms with Crippen molar-refractivity contribution in [1.29, 1.82) is 0 Å². The van der Waals surface area contributed by atoms with Crippen LogP contribution in [0, 0.1) is 5.92 Å². The first kappa shape index (κ1) is 9.72. The van der Waals surface area contributed by atoms with Gasteiger partial charge in [-0.1, -0.05) is 24.3 Å². The molecule has 1 aliphatic carbocycles. The molecular formula is C13H18N. The molecule has 0 aliphatic heterocycles. The molecular weight excluding hydrogens is 170 g/mol. The summed E-state index contributed by atoms with van der Waals surface area (Å²) in [6, 6.07) is 8.83. The van der Waals surface area contributed by atoms with E-state index in [0.29, 0.717) is 0 Å². The predicted molar refractivity (Wildman–Crippen MR) is 60.3 cm³/mol. The van der Waals surface area contributed by atoms with Gasteiger partial charge in [-0.05, 0) is 51.0 Å². The van der Waals surface area contributed by atoms with E-state index < -0.39 is 0 Å². The minimum absolute atomic E-state index is 1.17. The van der Waals surface area contributed by atoms with Crippen LogP contribution in [0.5, 0.6) is 0 Å². The molecule has 0 bridgehead atoms. The summed E-state index contributed by atoms with van der Waals surface area (Å²) in [5.41, 5.74) is 3.07. The molecule has 0 amide bonds. The van der Waals surface area contributed by atoms with Crippen molar-refractivity contribution in [2.24, 2.45) is 0 Å². The maximum absolute atomic E-state index is 2.27. The number of benzene rings is 1. The number of hydrogen-bond donors (Lipinski definition) is 0. The van der Waals surface area contributed by atoms with Gasteiger partial charge in [0.05, 0.1) is 0 Å². The molecule has 0 atom stereocenters. The van der Waals surface area contributed by atoms with Crippen LogP contribution in [0.3, 0.4) is 0 Å². The first-order chi connectivity index (χ1) is 6.77. The number of nitrogens with zero attached hydrogens (tertiary/aromatic N) is 1. The van der Waals surface area contributed by atoms with Gasteiger partial charge < -0.3 is 4.90 Å². The Morgan fingerprint density at radius 1 is 1.14 bits per heavy atom. The van der Waals surface area contributed by atoms with E-state index in [9.17, 15) is 0 Å². The number of aryl methyl sites for hydroxylation is 1. The lowest BCUT2D eigenvalue weighted by Gasteiger charge is -2.14. The average molecular weight is 188 g/mol. The van der Waals surface area contributed by atoms with E-state index in [1.807, 2.05) is 0 Å². The van der Waals surface area contributed by atoms with E-state index in [1.165, 1.54) is 31.4 Å². The lowest BCUT2D eigenvalue weighted by Crippen LogP contribution is -2.15. The molecule has 1 heteroatoms. The summed E-state index contributed by atoms with van der Waals surface area (Å²) in [7, 11) is 4.28. The maximum atomic E-state index is 2.27. The largest absolute Gasteiger partial charge is 0.309 e. The smallest absolute Gasteiger partial charge is 0.00685 e. The topological polar surface area (TPSA) is 3.24 Å². The standard InChI is InChI=1S/C13H18N/c1-14(2)10-9-12-8-7-11-5-3-4-6-13(11)12/h3-6H,7-10H2,1-2H3. The predicted octanol–water partition coefficient (Wildman–Crippen LogP) is 2.51. The van der Waals surface area contributed by atoms with Gasteiger partial charge in [-0.2, -0.15) is 0 Å². The highest BCUT2D eigenvalue weighted by molar-refractivity contribution is 5.43. The minimum atomic E-state index is 1.17. The fourth-order valence-electron chi connectivity index (χ4n) is 2.12. The van der Waals surface area contributed by atoms with Crippen molar-refractivity contribution in [3.05, 3.63) is 41.3 Å². The molecule has 0 fully saturated rings. The Labute approximate surface area is 86.7 Å². The SMILES string of the molecule is CN(C)CC[C]1CCc2ccccc21. The molecule has 1 radical (unpaired) electrons. The first-order valence-electron chi connectivity index (χ1n) is 5.35. The van der Waals surface area contributed by atoms with Crippen molar-refractivity contribution in [2.75, 3.05) is 20.6 Å². The van der Waals surface area contributed by atoms with Gasteiger partial charge in [-0.3, -0.25) is 0 Å². The van der Waals surface area contributed by atoms with Crippen LogP contribution >= 0.6 is 0 Å². The van der Waals surface area contributed by atoms with Gasteiger partial charge >= 0.3 is 0 Å². The Hall–Kier alpha value is -0.820. The monoisotopic (exact) mass is 188 g/mol. The van der Waals surface area contributed by atoms with Gasteiger partial charge in [0.15, 0.2) is 0 Å². The van der Waals surface area contributed by atoms with Gasteiger partial charge in [0.2, 0.25) is 0 Å². The normalized spacial score (nSPS) is 16.2. The summed E-state index contributed by atoms with van der Waals surface area (Å²) in [5.74, 6) is 1.65. The fourth-order valence-corrected chi connectivity index (χ4v) is 2.12. The summed E-state index contributed by atoms with van der Waals surface area (Å²) >= 11 is 0. The molecule has 2 rings (SSSR count). The van der Waals surface area contributed by atoms with Crippen molar-refractivity contribution in [3.63, 3.8) is 0 Å². The fraction of sp³-hybridized carbons (Fsp3) is 0.462. The molecule has 14 heavy (non-hydrogen) atoms. The van der Waals surface area contributed by atoms with Crippen molar-refractivity contribution in [2.45, 2.75) is 19.3 Å². The second-order valence-corrected chi connectivity index (χ2v) is 4.31. The van der Waals surface area contributed by atoms with Crippen molar-refractivity contribution in [3.8, 4) is 0 Å². The van der Waals surface area contributed by atoms with E-state index in [2.05, 4.69) is 43.3 Å². The molecule has 1 nitrogen and oxygen atoms in total. The lowest BCUT2D eigenvalue weighted by atomic mass is 9.98. The van der Waals surface area contributed by atoms with Gasteiger partial charge in [0, 0.05) is 5.92 Å². The third kappa shape index (κ3) is 1.98. The summed E-state index contributed by atoms with van der Waals surface area (Å²) in [4.78, 5) is 2.26. The number of rotatable bonds is 3. The molecule has 0 heterocycles. The second-order valence-electron chi connectivity index (χ2n) is 4.31. The third-order valence-corrected chi connectivity index (χ3v) is 2.96. The van der Waals surface area contributed by atoms with E-state index in [1.54, 1.807) is 11.5 Å². The second kappa shape index (κ2) is 4.14. The molecule has 0 aromatic heterocycles. The Morgan fingerprint density at radius 3 is 2.71 bits per heavy atom. The number of hydrogen-bond acceptors (Lipinski definition) is 1. The highest BCUT2D eigenvalue weighted by atomic mass is 15.0. The Morgan fingerprint density at radius 2 is 1.93 bits per heavy atom. The van der Waals surface area contributed by atoms with Crippen molar-refractivity contribution >= 4 is 0 Å². The summed E-state index contributed by atoms with van der Waals surface area (Å²) in [5, 5.41) is 0. The molecule has 0 unspecified atom stereocenters. The summed E-state index contributed by atoms with van der Waals surface area (Å²) in [6.45, 7) is 1.17. The van der Waals surface area contributed by atoms with E-state index >= 15 is 0 Å². The van der Waals surface area contributed by atoms with Gasteiger partial charge in [-0.25, -0.2) is 0 Å². The molecule has 1 aromatic carbocycles. The van der Waals surface area contributed by atoms with E-state index in [0.717, 1.165) is 0 Å². The molecule has 1 aromatic rings. The van der Waals surface area contributed by atoms with Crippen LogP contribution in [0.1, 0.15) is 24.0 Å². The zero-order valence-electron chi connectivity index (χ0n) is 9.09. The zero-order chi connectivity index (χ0) is 9.97. The number of fused-ring (bicyclic) bond motifs is 1. The quantitative estimate of drug-likeness (QED) is 0.704. The zero-order valence-corrected chi connectivity index (χ0v) is 9.09. The third-order valence-electron chi connectivity index (χ3n) is 2.96. The van der Waals surface area contributed by atoms with E-state index in [-0.39, 0.29) is 0 Å². The molecule has 0 spiro atoms. The van der Waals surface area contributed by atoms with E-state index in [4.69, 9.17) is 0 Å². The lowest BCUT2D eigenvalue weighted by molar-refractivity contribution is 0.404. The first-order valence-corrected chi connectivity index (χ1v) is 5.35. The van der Waals surface area contributed by atoms with Crippen LogP contribution in [-0.2, 0) is 6.42 Å². The maximum Gasteiger partial charge on any atom is 0.00685 e. The molecule has 0 saturated heterocycles. The van der Waals surface area contributed by atoms with Crippen molar-refractivity contribution in [1.82, 2.24) is 4.90 Å². The van der Waals surface area contributed by atoms with Crippen LogP contribution in [0.25, 0.3) is 0 Å². The van der Waals surface area contributed by atoms with Crippen LogP contribution in [0.2, 0.25) is 0 Å². The van der Waals surface area contributed by atoms with Gasteiger partial charge in [-0.15, -0.1) is 0 Å². The van der Waals surface area contributed by atoms with Crippen LogP contribution in [-0.4, -0.2) is 25.5 Å². The Bertz CT molecular complexity index is 304. The van der Waals surface area contributed by atoms with Crippen LogP contribution < -0.4 is 0 Å². The molecule has 0 saturated carbocycles. The van der Waals surface area contributed by atoms with Gasteiger partial charge in [0.25, 0.3) is 0 Å². The highest BCUT2D eigenvalue weighted by Crippen LogP contribution is 2.34.